The van der Waals surface area contributed by atoms with Crippen molar-refractivity contribution in [3.05, 3.63) is 53.5 Å². The van der Waals surface area contributed by atoms with Gasteiger partial charge in [-0.1, -0.05) is 12.1 Å². The maximum atomic E-state index is 12.9. The highest BCUT2D eigenvalue weighted by atomic mass is 16.1. The lowest BCUT2D eigenvalue weighted by molar-refractivity contribution is 0.0953. The van der Waals surface area contributed by atoms with E-state index in [1.807, 2.05) is 18.2 Å². The molecule has 7 heteroatoms. The molecule has 1 saturated heterocycles. The van der Waals surface area contributed by atoms with Crippen LogP contribution in [0.1, 0.15) is 40.9 Å². The second kappa shape index (κ2) is 9.06. The first-order chi connectivity index (χ1) is 15.3. The van der Waals surface area contributed by atoms with Crippen molar-refractivity contribution in [2.24, 2.45) is 0 Å². The molecule has 5 rings (SSSR count). The molecule has 1 aromatic carbocycles. The van der Waals surface area contributed by atoms with Crippen molar-refractivity contribution in [1.29, 1.82) is 0 Å². The Morgan fingerprint density at radius 1 is 1.03 bits per heavy atom. The van der Waals surface area contributed by atoms with Gasteiger partial charge in [-0.2, -0.15) is 0 Å². The molecule has 0 radical (unpaired) electrons. The van der Waals surface area contributed by atoms with Gasteiger partial charge in [0.1, 0.15) is 0 Å². The van der Waals surface area contributed by atoms with Crippen LogP contribution in [0.4, 0.5) is 5.95 Å². The predicted octanol–water partition coefficient (Wildman–Crippen LogP) is 2.78. The molecular weight excluding hydrogens is 388 g/mol. The van der Waals surface area contributed by atoms with Crippen LogP contribution in [0, 0.1) is 0 Å². The highest BCUT2D eigenvalue weighted by Gasteiger charge is 2.20. The number of aromatic nitrogens is 3. The average Bonchev–Trinajstić information content (AvgIpc) is 3.21. The van der Waals surface area contributed by atoms with Crippen LogP contribution in [-0.2, 0) is 12.8 Å². The number of carbonyl (C=O) groups excluding carboxylic acids is 1. The molecule has 1 fully saturated rings. The van der Waals surface area contributed by atoms with Gasteiger partial charge in [0.05, 0.1) is 11.1 Å². The van der Waals surface area contributed by atoms with Crippen LogP contribution in [0.2, 0.25) is 0 Å². The summed E-state index contributed by atoms with van der Waals surface area (Å²) in [4.78, 5) is 29.8. The van der Waals surface area contributed by atoms with Gasteiger partial charge in [0.15, 0.2) is 0 Å². The van der Waals surface area contributed by atoms with Crippen molar-refractivity contribution in [3.8, 4) is 0 Å². The van der Waals surface area contributed by atoms with Gasteiger partial charge in [-0.25, -0.2) is 9.97 Å². The van der Waals surface area contributed by atoms with Crippen LogP contribution in [0.5, 0.6) is 0 Å². The number of carbonyl (C=O) groups is 1. The summed E-state index contributed by atoms with van der Waals surface area (Å²) < 4.78 is 0. The van der Waals surface area contributed by atoms with Crippen molar-refractivity contribution < 1.29 is 4.79 Å². The molecule has 0 bridgehead atoms. The summed E-state index contributed by atoms with van der Waals surface area (Å²) in [5, 5.41) is 4.35. The highest BCUT2D eigenvalue weighted by molar-refractivity contribution is 6.06. The zero-order chi connectivity index (χ0) is 21.0. The van der Waals surface area contributed by atoms with Gasteiger partial charge >= 0.3 is 0 Å². The van der Waals surface area contributed by atoms with E-state index in [4.69, 9.17) is 0 Å². The number of hydrogen-bond donors (Lipinski definition) is 2. The van der Waals surface area contributed by atoms with Crippen LogP contribution >= 0.6 is 0 Å². The summed E-state index contributed by atoms with van der Waals surface area (Å²) in [5.74, 6) is 0.838. The van der Waals surface area contributed by atoms with Crippen LogP contribution in [0.15, 0.2) is 36.7 Å². The topological polar surface area (TPSA) is 77.2 Å². The SMILES string of the molecule is O=C(NCCCN1CCN(c2ncccn2)CC1)c1cccc2c3c([nH]c12)CCCC3. The van der Waals surface area contributed by atoms with Gasteiger partial charge in [0.25, 0.3) is 5.91 Å². The number of hydrogen-bond acceptors (Lipinski definition) is 5. The van der Waals surface area contributed by atoms with E-state index >= 15 is 0 Å². The molecule has 3 aromatic rings. The minimum atomic E-state index is 0.0234. The van der Waals surface area contributed by atoms with Crippen LogP contribution in [0.3, 0.4) is 0 Å². The summed E-state index contributed by atoms with van der Waals surface area (Å²) in [5.41, 5.74) is 4.51. The van der Waals surface area contributed by atoms with Gasteiger partial charge in [-0.15, -0.1) is 0 Å². The maximum absolute atomic E-state index is 12.9. The molecule has 0 unspecified atom stereocenters. The second-order valence-corrected chi connectivity index (χ2v) is 8.50. The fourth-order valence-electron chi connectivity index (χ4n) is 4.84. The number of piperazine rings is 1. The van der Waals surface area contributed by atoms with Crippen LogP contribution < -0.4 is 10.2 Å². The zero-order valence-corrected chi connectivity index (χ0v) is 17.9. The number of aryl methyl sites for hydroxylation is 2. The lowest BCUT2D eigenvalue weighted by atomic mass is 9.95. The average molecular weight is 419 g/mol. The minimum absolute atomic E-state index is 0.0234. The van der Waals surface area contributed by atoms with E-state index in [1.165, 1.54) is 29.5 Å². The first kappa shape index (κ1) is 20.0. The Balaban J connectivity index is 1.11. The first-order valence-corrected chi connectivity index (χ1v) is 11.4. The van der Waals surface area contributed by atoms with E-state index in [1.54, 1.807) is 12.4 Å². The molecule has 162 valence electrons. The molecule has 31 heavy (non-hydrogen) atoms. The number of anilines is 1. The fourth-order valence-corrected chi connectivity index (χ4v) is 4.84. The number of fused-ring (bicyclic) bond motifs is 3. The van der Waals surface area contributed by atoms with E-state index in [0.29, 0.717) is 6.54 Å². The third-order valence-electron chi connectivity index (χ3n) is 6.52. The number of H-pyrrole nitrogens is 1. The van der Waals surface area contributed by atoms with Crippen LogP contribution in [-0.4, -0.2) is 65.0 Å². The minimum Gasteiger partial charge on any atom is -0.358 e. The largest absolute Gasteiger partial charge is 0.358 e. The third-order valence-corrected chi connectivity index (χ3v) is 6.52. The number of rotatable bonds is 6. The Kier molecular flexibility index (Phi) is 5.84. The third kappa shape index (κ3) is 4.28. The molecule has 1 aliphatic heterocycles. The molecule has 1 aliphatic carbocycles. The maximum Gasteiger partial charge on any atom is 0.253 e. The summed E-state index contributed by atoms with van der Waals surface area (Å²) in [6.07, 6.45) is 9.21. The predicted molar refractivity (Wildman–Crippen MR) is 123 cm³/mol. The molecular formula is C24H30N6O. The second-order valence-electron chi connectivity index (χ2n) is 8.50. The molecule has 1 amide bonds. The number of aromatic amines is 1. The van der Waals surface area contributed by atoms with Crippen molar-refractivity contribution >= 4 is 22.8 Å². The Labute approximate surface area is 182 Å². The lowest BCUT2D eigenvalue weighted by Gasteiger charge is -2.34. The fraction of sp³-hybridized carbons (Fsp3) is 0.458. The van der Waals surface area contributed by atoms with E-state index in [-0.39, 0.29) is 5.91 Å². The van der Waals surface area contributed by atoms with E-state index in [2.05, 4.69) is 36.1 Å². The summed E-state index contributed by atoms with van der Waals surface area (Å²) in [6.45, 7) is 5.56. The highest BCUT2D eigenvalue weighted by Crippen LogP contribution is 2.30. The zero-order valence-electron chi connectivity index (χ0n) is 17.9. The number of nitrogens with one attached hydrogen (secondary N) is 2. The number of amides is 1. The van der Waals surface area contributed by atoms with Crippen molar-refractivity contribution in [1.82, 2.24) is 25.2 Å². The number of benzene rings is 1. The van der Waals surface area contributed by atoms with E-state index in [0.717, 1.165) is 69.0 Å². The number of para-hydroxylation sites is 1. The Bertz CT molecular complexity index is 1040. The summed E-state index contributed by atoms with van der Waals surface area (Å²) >= 11 is 0. The van der Waals surface area contributed by atoms with Crippen molar-refractivity contribution in [2.45, 2.75) is 32.1 Å². The molecule has 7 nitrogen and oxygen atoms in total. The summed E-state index contributed by atoms with van der Waals surface area (Å²) in [7, 11) is 0. The molecule has 2 N–H and O–H groups in total. The molecule has 2 aliphatic rings. The Morgan fingerprint density at radius 3 is 2.68 bits per heavy atom. The molecule has 0 atom stereocenters. The van der Waals surface area contributed by atoms with E-state index in [9.17, 15) is 4.79 Å². The van der Waals surface area contributed by atoms with Gasteiger partial charge in [0, 0.05) is 56.2 Å². The standard InChI is InChI=1S/C24H30N6O/c31-23(20-8-3-7-19-18-6-1-2-9-21(18)28-22(19)20)25-12-5-13-29-14-16-30(17-15-29)24-26-10-4-11-27-24/h3-4,7-8,10-11,28H,1-2,5-6,9,12-17H2,(H,25,31). The molecule has 0 spiro atoms. The quantitative estimate of drug-likeness (QED) is 0.602. The van der Waals surface area contributed by atoms with Gasteiger partial charge in [-0.05, 0) is 56.3 Å². The van der Waals surface area contributed by atoms with Crippen molar-refractivity contribution in [3.63, 3.8) is 0 Å². The van der Waals surface area contributed by atoms with Gasteiger partial charge in [-0.3, -0.25) is 9.69 Å². The normalized spacial score (nSPS) is 17.0. The molecule has 0 saturated carbocycles. The Hall–Kier alpha value is -2.93. The summed E-state index contributed by atoms with van der Waals surface area (Å²) in [6, 6.07) is 7.94. The van der Waals surface area contributed by atoms with Crippen molar-refractivity contribution in [2.75, 3.05) is 44.2 Å². The monoisotopic (exact) mass is 418 g/mol. The lowest BCUT2D eigenvalue weighted by Crippen LogP contribution is -2.47. The Morgan fingerprint density at radius 2 is 1.84 bits per heavy atom. The molecule has 2 aromatic heterocycles. The van der Waals surface area contributed by atoms with Gasteiger partial charge < -0.3 is 15.2 Å². The molecule has 3 heterocycles. The van der Waals surface area contributed by atoms with E-state index < -0.39 is 0 Å². The number of nitrogens with zero attached hydrogens (tertiary/aromatic N) is 4. The first-order valence-electron chi connectivity index (χ1n) is 11.4. The van der Waals surface area contributed by atoms with Gasteiger partial charge in [0.2, 0.25) is 5.95 Å². The van der Waals surface area contributed by atoms with Crippen LogP contribution in [0.25, 0.3) is 10.9 Å². The smallest absolute Gasteiger partial charge is 0.253 e.